The van der Waals surface area contributed by atoms with Gasteiger partial charge in [0.05, 0.1) is 5.56 Å². The number of hydrogen-bond donors (Lipinski definition) is 2. The van der Waals surface area contributed by atoms with Crippen molar-refractivity contribution in [3.8, 4) is 17.1 Å². The summed E-state index contributed by atoms with van der Waals surface area (Å²) in [5.74, 6) is 6.71. The highest BCUT2D eigenvalue weighted by Crippen LogP contribution is 2.35. The number of nitrogens with zero attached hydrogens (tertiary/aromatic N) is 3. The van der Waals surface area contributed by atoms with Gasteiger partial charge in [-0.1, -0.05) is 36.7 Å². The van der Waals surface area contributed by atoms with Crippen LogP contribution in [0.2, 0.25) is 0 Å². The van der Waals surface area contributed by atoms with Crippen molar-refractivity contribution < 1.29 is 5.11 Å². The third-order valence-electron chi connectivity index (χ3n) is 3.38. The van der Waals surface area contributed by atoms with Gasteiger partial charge >= 0.3 is 0 Å². The number of hydrogen-bond acceptors (Lipinski definition) is 5. The summed E-state index contributed by atoms with van der Waals surface area (Å²) in [4.78, 5) is 0. The summed E-state index contributed by atoms with van der Waals surface area (Å²) in [7, 11) is 0. The van der Waals surface area contributed by atoms with Crippen molar-refractivity contribution in [3.63, 3.8) is 0 Å². The third-order valence-corrected chi connectivity index (χ3v) is 4.68. The van der Waals surface area contributed by atoms with Gasteiger partial charge in [-0.15, -0.1) is 10.2 Å². The standard InChI is InChI=1S/C13H16N4OS/c14-17-12(10-7-3-4-8-11(10)18)15-16-13(17)19-9-5-1-2-6-9/h3-4,7-9,18H,1-2,5-6,14H2. The first-order valence-corrected chi connectivity index (χ1v) is 7.29. The summed E-state index contributed by atoms with van der Waals surface area (Å²) in [6.07, 6.45) is 4.98. The van der Waals surface area contributed by atoms with E-state index in [2.05, 4.69) is 10.2 Å². The lowest BCUT2D eigenvalue weighted by atomic mass is 10.2. The van der Waals surface area contributed by atoms with Crippen molar-refractivity contribution in [1.29, 1.82) is 0 Å². The molecule has 0 amide bonds. The topological polar surface area (TPSA) is 77.0 Å². The van der Waals surface area contributed by atoms with Crippen molar-refractivity contribution in [1.82, 2.24) is 14.9 Å². The molecule has 1 saturated carbocycles. The number of nitrogen functional groups attached to an aromatic ring is 1. The van der Waals surface area contributed by atoms with E-state index in [4.69, 9.17) is 5.84 Å². The van der Waals surface area contributed by atoms with Gasteiger partial charge in [0.2, 0.25) is 5.16 Å². The number of aromatic nitrogens is 3. The van der Waals surface area contributed by atoms with E-state index in [0.29, 0.717) is 21.8 Å². The van der Waals surface area contributed by atoms with E-state index in [9.17, 15) is 5.11 Å². The molecule has 1 heterocycles. The maximum absolute atomic E-state index is 9.84. The Kier molecular flexibility index (Phi) is 3.33. The number of para-hydroxylation sites is 1. The monoisotopic (exact) mass is 276 g/mol. The largest absolute Gasteiger partial charge is 0.507 e. The van der Waals surface area contributed by atoms with Crippen LogP contribution in [0.25, 0.3) is 11.4 Å². The second-order valence-corrected chi connectivity index (χ2v) is 5.99. The molecule has 0 spiro atoms. The minimum atomic E-state index is 0.166. The van der Waals surface area contributed by atoms with Gasteiger partial charge in [0.15, 0.2) is 5.82 Å². The average molecular weight is 276 g/mol. The number of nitrogens with two attached hydrogens (primary N) is 1. The second-order valence-electron chi connectivity index (χ2n) is 4.72. The predicted molar refractivity (Wildman–Crippen MR) is 75.4 cm³/mol. The van der Waals surface area contributed by atoms with E-state index >= 15 is 0 Å². The number of phenols is 1. The van der Waals surface area contributed by atoms with Gasteiger partial charge in [0.25, 0.3) is 0 Å². The Bertz CT molecular complexity index is 578. The fourth-order valence-corrected chi connectivity index (χ4v) is 3.51. The Labute approximate surface area is 115 Å². The molecule has 5 nitrogen and oxygen atoms in total. The fraction of sp³-hybridized carbons (Fsp3) is 0.385. The molecule has 0 aliphatic heterocycles. The molecular weight excluding hydrogens is 260 g/mol. The highest BCUT2D eigenvalue weighted by molar-refractivity contribution is 7.99. The van der Waals surface area contributed by atoms with Crippen LogP contribution in [-0.2, 0) is 0 Å². The van der Waals surface area contributed by atoms with Crippen molar-refractivity contribution in [2.24, 2.45) is 0 Å². The Hall–Kier alpha value is -1.69. The van der Waals surface area contributed by atoms with Crippen LogP contribution in [0, 0.1) is 0 Å². The fourth-order valence-electron chi connectivity index (χ4n) is 2.36. The normalized spacial score (nSPS) is 16.0. The molecule has 0 unspecified atom stereocenters. The molecule has 2 aromatic rings. The van der Waals surface area contributed by atoms with Crippen molar-refractivity contribution in [2.45, 2.75) is 36.1 Å². The molecule has 1 aromatic heterocycles. The zero-order chi connectivity index (χ0) is 13.2. The lowest BCUT2D eigenvalue weighted by Gasteiger charge is -2.08. The van der Waals surface area contributed by atoms with Gasteiger partial charge in [-0.25, -0.2) is 4.68 Å². The van der Waals surface area contributed by atoms with Crippen LogP contribution in [0.15, 0.2) is 29.4 Å². The van der Waals surface area contributed by atoms with Gasteiger partial charge in [0.1, 0.15) is 5.75 Å². The maximum Gasteiger partial charge on any atom is 0.210 e. The molecular formula is C13H16N4OS. The maximum atomic E-state index is 9.84. The van der Waals surface area contributed by atoms with Crippen molar-refractivity contribution in [2.75, 3.05) is 5.84 Å². The summed E-state index contributed by atoms with van der Waals surface area (Å²) in [5.41, 5.74) is 0.607. The molecule has 1 aliphatic carbocycles. The lowest BCUT2D eigenvalue weighted by molar-refractivity contribution is 0.476. The van der Waals surface area contributed by atoms with E-state index in [0.717, 1.165) is 0 Å². The van der Waals surface area contributed by atoms with E-state index in [1.54, 1.807) is 30.0 Å². The number of rotatable bonds is 3. The molecule has 1 aliphatic rings. The average Bonchev–Trinajstić information content (AvgIpc) is 3.03. The number of phenolic OH excluding ortho intramolecular Hbond substituents is 1. The summed E-state index contributed by atoms with van der Waals surface area (Å²) in [6, 6.07) is 7.01. The quantitative estimate of drug-likeness (QED) is 0.842. The smallest absolute Gasteiger partial charge is 0.210 e. The van der Waals surface area contributed by atoms with Crippen LogP contribution in [0.3, 0.4) is 0 Å². The van der Waals surface area contributed by atoms with E-state index in [-0.39, 0.29) is 5.75 Å². The molecule has 19 heavy (non-hydrogen) atoms. The molecule has 0 atom stereocenters. The van der Waals surface area contributed by atoms with Crippen LogP contribution >= 0.6 is 11.8 Å². The Morgan fingerprint density at radius 1 is 1.21 bits per heavy atom. The summed E-state index contributed by atoms with van der Waals surface area (Å²) < 4.78 is 1.47. The van der Waals surface area contributed by atoms with Crippen molar-refractivity contribution >= 4 is 11.8 Å². The minimum absolute atomic E-state index is 0.166. The first-order valence-electron chi connectivity index (χ1n) is 6.41. The lowest BCUT2D eigenvalue weighted by Crippen LogP contribution is -2.12. The molecule has 1 aromatic carbocycles. The number of benzene rings is 1. The van der Waals surface area contributed by atoms with Crippen molar-refractivity contribution in [3.05, 3.63) is 24.3 Å². The Morgan fingerprint density at radius 3 is 2.68 bits per heavy atom. The molecule has 0 radical (unpaired) electrons. The van der Waals surface area contributed by atoms with Gasteiger partial charge in [0, 0.05) is 5.25 Å². The predicted octanol–water partition coefficient (Wildman–Crippen LogP) is 2.40. The Balaban J connectivity index is 1.88. The van der Waals surface area contributed by atoms with Crippen LogP contribution in [0.4, 0.5) is 0 Å². The summed E-state index contributed by atoms with van der Waals surface area (Å²) in [5, 5.41) is 19.4. The summed E-state index contributed by atoms with van der Waals surface area (Å²) in [6.45, 7) is 0. The van der Waals surface area contributed by atoms with Gasteiger partial charge in [-0.2, -0.15) is 0 Å². The molecule has 0 bridgehead atoms. The zero-order valence-electron chi connectivity index (χ0n) is 10.5. The highest BCUT2D eigenvalue weighted by atomic mass is 32.2. The van der Waals surface area contributed by atoms with E-state index < -0.39 is 0 Å². The molecule has 0 saturated heterocycles. The number of thioether (sulfide) groups is 1. The van der Waals surface area contributed by atoms with Gasteiger partial charge in [-0.05, 0) is 25.0 Å². The third kappa shape index (κ3) is 2.40. The number of aromatic hydroxyl groups is 1. The van der Waals surface area contributed by atoms with Crippen LogP contribution in [-0.4, -0.2) is 25.2 Å². The zero-order valence-corrected chi connectivity index (χ0v) is 11.3. The molecule has 3 rings (SSSR count). The first-order chi connectivity index (χ1) is 9.25. The molecule has 3 N–H and O–H groups in total. The Morgan fingerprint density at radius 2 is 1.95 bits per heavy atom. The molecule has 100 valence electrons. The van der Waals surface area contributed by atoms with Crippen LogP contribution < -0.4 is 5.84 Å². The molecule has 6 heteroatoms. The van der Waals surface area contributed by atoms with Crippen LogP contribution in [0.5, 0.6) is 5.75 Å². The summed E-state index contributed by atoms with van der Waals surface area (Å²) >= 11 is 1.68. The second kappa shape index (κ2) is 5.13. The van der Waals surface area contributed by atoms with Gasteiger partial charge < -0.3 is 10.9 Å². The highest BCUT2D eigenvalue weighted by Gasteiger charge is 2.21. The van der Waals surface area contributed by atoms with Crippen LogP contribution in [0.1, 0.15) is 25.7 Å². The van der Waals surface area contributed by atoms with E-state index in [1.165, 1.54) is 30.4 Å². The minimum Gasteiger partial charge on any atom is -0.507 e. The van der Waals surface area contributed by atoms with E-state index in [1.807, 2.05) is 6.07 Å². The SMILES string of the molecule is Nn1c(SC2CCCC2)nnc1-c1ccccc1O. The first kappa shape index (κ1) is 12.3. The van der Waals surface area contributed by atoms with Gasteiger partial charge in [-0.3, -0.25) is 0 Å². The molecule has 1 fully saturated rings.